The summed E-state index contributed by atoms with van der Waals surface area (Å²) in [6.45, 7) is 3.91. The van der Waals surface area contributed by atoms with Crippen LogP contribution in [0.3, 0.4) is 0 Å². The van der Waals surface area contributed by atoms with Gasteiger partial charge in [-0.2, -0.15) is 0 Å². The number of fused-ring (bicyclic) bond motifs is 1. The molecule has 0 radical (unpaired) electrons. The Morgan fingerprint density at radius 1 is 1.35 bits per heavy atom. The molecule has 23 heavy (non-hydrogen) atoms. The van der Waals surface area contributed by atoms with Gasteiger partial charge in [-0.25, -0.2) is 9.59 Å². The highest BCUT2D eigenvalue weighted by atomic mass is 16.5. The summed E-state index contributed by atoms with van der Waals surface area (Å²) in [5, 5.41) is 5.78. The maximum Gasteiger partial charge on any atom is 0.328 e. The molecule has 0 aromatic heterocycles. The maximum absolute atomic E-state index is 12.3. The molecule has 2 N–H and O–H groups in total. The van der Waals surface area contributed by atoms with Gasteiger partial charge in [0.2, 0.25) is 0 Å². The van der Waals surface area contributed by atoms with Gasteiger partial charge in [0.15, 0.2) is 0 Å². The number of carbonyl (C=O) groups is 2. The Bertz CT molecular complexity index is 559. The van der Waals surface area contributed by atoms with Crippen molar-refractivity contribution in [3.8, 4) is 0 Å². The van der Waals surface area contributed by atoms with E-state index in [1.54, 1.807) is 0 Å². The molecular weight excluding hydrogens is 292 g/mol. The number of nitrogens with one attached hydrogen (secondary N) is 2. The first kappa shape index (κ1) is 17.3. The summed E-state index contributed by atoms with van der Waals surface area (Å²) in [7, 11) is 1.34. The lowest BCUT2D eigenvalue weighted by Gasteiger charge is -2.28. The standard InChI is InChI=1S/C18H26N2O3/c1-4-12(2)16(17(21)23-3)20-18(22)19-15-11-7-9-13-8-5-6-10-14(13)15/h5-6,8,10,12,15-16H,4,7,9,11H2,1-3H3,(H2,19,20,22)/t12-,15+,16-/m0/s1. The van der Waals surface area contributed by atoms with Crippen LogP contribution in [0.4, 0.5) is 4.79 Å². The SMILES string of the molecule is CC[C@H](C)[C@H](NC(=O)N[C@@H]1CCCc2ccccc21)C(=O)OC. The minimum Gasteiger partial charge on any atom is -0.467 e. The summed E-state index contributed by atoms with van der Waals surface area (Å²) in [4.78, 5) is 24.2. The van der Waals surface area contributed by atoms with Crippen molar-refractivity contribution in [1.82, 2.24) is 10.6 Å². The first-order chi connectivity index (χ1) is 11.1. The first-order valence-electron chi connectivity index (χ1n) is 8.29. The predicted molar refractivity (Wildman–Crippen MR) is 89.0 cm³/mol. The number of aryl methyl sites for hydroxylation is 1. The van der Waals surface area contributed by atoms with Crippen molar-refractivity contribution in [3.63, 3.8) is 0 Å². The lowest BCUT2D eigenvalue weighted by Crippen LogP contribution is -2.50. The molecule has 1 aromatic carbocycles. The summed E-state index contributed by atoms with van der Waals surface area (Å²) in [5.74, 6) is -0.384. The van der Waals surface area contributed by atoms with Crippen molar-refractivity contribution in [2.45, 2.75) is 51.6 Å². The van der Waals surface area contributed by atoms with E-state index in [-0.39, 0.29) is 18.0 Å². The van der Waals surface area contributed by atoms with Gasteiger partial charge < -0.3 is 15.4 Å². The van der Waals surface area contributed by atoms with E-state index in [4.69, 9.17) is 4.74 Å². The fourth-order valence-electron chi connectivity index (χ4n) is 3.04. The molecule has 0 saturated heterocycles. The number of carbonyl (C=O) groups excluding carboxylic acids is 2. The zero-order valence-electron chi connectivity index (χ0n) is 14.1. The van der Waals surface area contributed by atoms with Gasteiger partial charge >= 0.3 is 12.0 Å². The number of urea groups is 1. The maximum atomic E-state index is 12.3. The van der Waals surface area contributed by atoms with Gasteiger partial charge in [-0.1, -0.05) is 44.5 Å². The summed E-state index contributed by atoms with van der Waals surface area (Å²) in [6, 6.07) is 7.25. The number of benzene rings is 1. The smallest absolute Gasteiger partial charge is 0.328 e. The summed E-state index contributed by atoms with van der Waals surface area (Å²) >= 11 is 0. The number of hydrogen-bond donors (Lipinski definition) is 2. The van der Waals surface area contributed by atoms with Crippen LogP contribution in [0.25, 0.3) is 0 Å². The third-order valence-corrected chi connectivity index (χ3v) is 4.63. The third kappa shape index (κ3) is 4.24. The molecule has 0 unspecified atom stereocenters. The van der Waals surface area contributed by atoms with Crippen LogP contribution in [0.5, 0.6) is 0 Å². The van der Waals surface area contributed by atoms with Crippen molar-refractivity contribution >= 4 is 12.0 Å². The molecule has 5 heteroatoms. The molecule has 0 spiro atoms. The molecule has 2 rings (SSSR count). The molecular formula is C18H26N2O3. The number of hydrogen-bond acceptors (Lipinski definition) is 3. The quantitative estimate of drug-likeness (QED) is 0.820. The molecule has 0 saturated carbocycles. The Morgan fingerprint density at radius 3 is 2.78 bits per heavy atom. The first-order valence-corrected chi connectivity index (χ1v) is 8.29. The Hall–Kier alpha value is -2.04. The molecule has 5 nitrogen and oxygen atoms in total. The van der Waals surface area contributed by atoms with Crippen LogP contribution < -0.4 is 10.6 Å². The predicted octanol–water partition coefficient (Wildman–Crippen LogP) is 2.95. The van der Waals surface area contributed by atoms with Gasteiger partial charge in [0.25, 0.3) is 0 Å². The van der Waals surface area contributed by atoms with E-state index in [9.17, 15) is 9.59 Å². The van der Waals surface area contributed by atoms with E-state index in [2.05, 4.69) is 22.8 Å². The second-order valence-electron chi connectivity index (χ2n) is 6.15. The van der Waals surface area contributed by atoms with Gasteiger partial charge in [-0.05, 0) is 36.3 Å². The second-order valence-corrected chi connectivity index (χ2v) is 6.15. The molecule has 1 aliphatic carbocycles. The van der Waals surface area contributed by atoms with E-state index in [1.165, 1.54) is 18.2 Å². The van der Waals surface area contributed by atoms with Gasteiger partial charge in [-0.15, -0.1) is 0 Å². The van der Waals surface area contributed by atoms with E-state index >= 15 is 0 Å². The Kier molecular flexibility index (Phi) is 6.02. The topological polar surface area (TPSA) is 67.4 Å². The Balaban J connectivity index is 2.03. The molecule has 3 atom stereocenters. The lowest BCUT2D eigenvalue weighted by molar-refractivity contribution is -0.144. The number of amides is 2. The highest BCUT2D eigenvalue weighted by Crippen LogP contribution is 2.29. The highest BCUT2D eigenvalue weighted by molar-refractivity contribution is 5.84. The van der Waals surface area contributed by atoms with Gasteiger partial charge in [0.1, 0.15) is 6.04 Å². The van der Waals surface area contributed by atoms with Crippen LogP contribution in [0.2, 0.25) is 0 Å². The molecule has 1 aromatic rings. The van der Waals surface area contributed by atoms with Crippen molar-refractivity contribution in [3.05, 3.63) is 35.4 Å². The largest absolute Gasteiger partial charge is 0.467 e. The van der Waals surface area contributed by atoms with Crippen LogP contribution >= 0.6 is 0 Å². The summed E-state index contributed by atoms with van der Waals surface area (Å²) in [6.07, 6.45) is 3.80. The lowest BCUT2D eigenvalue weighted by atomic mass is 9.88. The van der Waals surface area contributed by atoms with Gasteiger partial charge in [0.05, 0.1) is 13.2 Å². The summed E-state index contributed by atoms with van der Waals surface area (Å²) in [5.41, 5.74) is 2.46. The fraction of sp³-hybridized carbons (Fsp3) is 0.556. The number of methoxy groups -OCH3 is 1. The zero-order valence-corrected chi connectivity index (χ0v) is 14.1. The highest BCUT2D eigenvalue weighted by Gasteiger charge is 2.28. The van der Waals surface area contributed by atoms with Crippen LogP contribution in [0, 0.1) is 5.92 Å². The van der Waals surface area contributed by atoms with E-state index in [1.807, 2.05) is 26.0 Å². The third-order valence-electron chi connectivity index (χ3n) is 4.63. The van der Waals surface area contributed by atoms with Crippen LogP contribution in [-0.4, -0.2) is 25.2 Å². The molecule has 0 fully saturated rings. The van der Waals surface area contributed by atoms with Crippen molar-refractivity contribution in [1.29, 1.82) is 0 Å². The van der Waals surface area contributed by atoms with Crippen LogP contribution in [0.1, 0.15) is 50.3 Å². The van der Waals surface area contributed by atoms with Gasteiger partial charge in [-0.3, -0.25) is 0 Å². The van der Waals surface area contributed by atoms with Crippen molar-refractivity contribution in [2.24, 2.45) is 5.92 Å². The Labute approximate surface area is 137 Å². The monoisotopic (exact) mass is 318 g/mol. The number of esters is 1. The molecule has 0 bridgehead atoms. The number of rotatable bonds is 5. The second kappa shape index (κ2) is 7.99. The van der Waals surface area contributed by atoms with E-state index in [0.29, 0.717) is 0 Å². The zero-order chi connectivity index (χ0) is 16.8. The average molecular weight is 318 g/mol. The molecule has 2 amide bonds. The van der Waals surface area contributed by atoms with Crippen molar-refractivity contribution < 1.29 is 14.3 Å². The van der Waals surface area contributed by atoms with Gasteiger partial charge in [0, 0.05) is 0 Å². The molecule has 0 heterocycles. The minimum atomic E-state index is -0.621. The van der Waals surface area contributed by atoms with Crippen LogP contribution in [-0.2, 0) is 16.0 Å². The average Bonchev–Trinajstić information content (AvgIpc) is 2.58. The summed E-state index contributed by atoms with van der Waals surface area (Å²) < 4.78 is 4.80. The normalized spacial score (nSPS) is 19.2. The van der Waals surface area contributed by atoms with E-state index in [0.717, 1.165) is 25.7 Å². The fourth-order valence-corrected chi connectivity index (χ4v) is 3.04. The van der Waals surface area contributed by atoms with Crippen molar-refractivity contribution in [2.75, 3.05) is 7.11 Å². The molecule has 1 aliphatic rings. The number of ether oxygens (including phenoxy) is 1. The van der Waals surface area contributed by atoms with Crippen LogP contribution in [0.15, 0.2) is 24.3 Å². The molecule has 0 aliphatic heterocycles. The minimum absolute atomic E-state index is 0.00446. The van der Waals surface area contributed by atoms with E-state index < -0.39 is 12.0 Å². The Morgan fingerprint density at radius 2 is 2.09 bits per heavy atom. The molecule has 126 valence electrons.